The highest BCUT2D eigenvalue weighted by Gasteiger charge is 2.67. The lowest BCUT2D eigenvalue weighted by molar-refractivity contribution is -0.543. The Balaban J connectivity index is 1.81. The molecular weight excluding hydrogens is 264 g/mol. The van der Waals surface area contributed by atoms with Crippen LogP contribution in [-0.2, 0) is 5.21 Å². The molecule has 4 nitrogen and oxygen atoms in total. The molecular formula is C17H27N2O2. The molecule has 0 unspecified atom stereocenters. The maximum atomic E-state index is 13.0. The Morgan fingerprint density at radius 2 is 1.43 bits per heavy atom. The van der Waals surface area contributed by atoms with E-state index < -0.39 is 11.1 Å². The quantitative estimate of drug-likeness (QED) is 0.549. The number of hydroxylamine groups is 3. The number of nitrogens with zero attached hydrogens (tertiary/aromatic N) is 2. The standard InChI is InChI=1S/C17H27N2O2/c1-15(2)16(3,4)19(21)14(18(15)20)17-8-11-5-12(9-17)7-13(6-11)10-17/h11-13H,5-10H2,1-4H3. The molecule has 4 fully saturated rings. The van der Waals surface area contributed by atoms with Crippen molar-refractivity contribution in [1.82, 2.24) is 5.06 Å². The molecule has 4 aliphatic carbocycles. The summed E-state index contributed by atoms with van der Waals surface area (Å²) >= 11 is 0. The number of hydrogen-bond acceptors (Lipinski definition) is 2. The summed E-state index contributed by atoms with van der Waals surface area (Å²) in [6.45, 7) is 7.66. The maximum absolute atomic E-state index is 13.0. The van der Waals surface area contributed by atoms with Crippen LogP contribution in [0.5, 0.6) is 0 Å². The van der Waals surface area contributed by atoms with Gasteiger partial charge in [-0.2, -0.15) is 0 Å². The zero-order valence-electron chi connectivity index (χ0n) is 13.7. The first-order chi connectivity index (χ1) is 9.67. The highest BCUT2D eigenvalue weighted by atomic mass is 16.5. The monoisotopic (exact) mass is 291 g/mol. The van der Waals surface area contributed by atoms with Crippen LogP contribution in [0.1, 0.15) is 66.2 Å². The van der Waals surface area contributed by atoms with E-state index >= 15 is 0 Å². The van der Waals surface area contributed by atoms with Crippen LogP contribution < -0.4 is 0 Å². The van der Waals surface area contributed by atoms with Crippen molar-refractivity contribution in [3.05, 3.63) is 5.21 Å². The average Bonchev–Trinajstić information content (AvgIpc) is 2.46. The second-order valence-corrected chi connectivity index (χ2v) is 9.23. The molecule has 1 heterocycles. The minimum atomic E-state index is -0.659. The van der Waals surface area contributed by atoms with Gasteiger partial charge >= 0.3 is 0 Å². The normalized spacial score (nSPS) is 46.5. The molecule has 0 aromatic carbocycles. The summed E-state index contributed by atoms with van der Waals surface area (Å²) in [5.74, 6) is 2.81. The maximum Gasteiger partial charge on any atom is 0.290 e. The van der Waals surface area contributed by atoms with Crippen LogP contribution in [0, 0.1) is 28.4 Å². The fraction of sp³-hybridized carbons (Fsp3) is 0.941. The van der Waals surface area contributed by atoms with Crippen LogP contribution in [0.15, 0.2) is 0 Å². The van der Waals surface area contributed by atoms with Crippen LogP contribution in [0.25, 0.3) is 0 Å². The predicted molar refractivity (Wildman–Crippen MR) is 79.9 cm³/mol. The van der Waals surface area contributed by atoms with Crippen LogP contribution in [-0.4, -0.2) is 26.7 Å². The molecule has 0 amide bonds. The van der Waals surface area contributed by atoms with E-state index in [0.29, 0.717) is 5.84 Å². The first-order valence-corrected chi connectivity index (χ1v) is 8.49. The molecule has 0 aromatic heterocycles. The van der Waals surface area contributed by atoms with Gasteiger partial charge in [0.1, 0.15) is 5.54 Å². The zero-order valence-corrected chi connectivity index (χ0v) is 13.7. The van der Waals surface area contributed by atoms with Crippen LogP contribution in [0.2, 0.25) is 0 Å². The van der Waals surface area contributed by atoms with Gasteiger partial charge in [-0.15, -0.1) is 0 Å². The van der Waals surface area contributed by atoms with E-state index in [1.54, 1.807) is 0 Å². The summed E-state index contributed by atoms with van der Waals surface area (Å²) in [5.41, 5.74) is -1.44. The Labute approximate surface area is 127 Å². The van der Waals surface area contributed by atoms with Crippen molar-refractivity contribution in [2.24, 2.45) is 23.2 Å². The molecule has 1 radical (unpaired) electrons. The molecule has 5 aliphatic rings. The number of hydrogen-bond donors (Lipinski definition) is 0. The summed E-state index contributed by atoms with van der Waals surface area (Å²) in [6, 6.07) is 0. The van der Waals surface area contributed by atoms with Crippen molar-refractivity contribution in [2.45, 2.75) is 77.3 Å². The van der Waals surface area contributed by atoms with E-state index in [2.05, 4.69) is 0 Å². The fourth-order valence-corrected chi connectivity index (χ4v) is 5.92. The molecule has 1 aliphatic heterocycles. The molecule has 4 saturated carbocycles. The van der Waals surface area contributed by atoms with Gasteiger partial charge in [0.05, 0.1) is 5.41 Å². The van der Waals surface area contributed by atoms with Gasteiger partial charge in [-0.1, -0.05) is 5.06 Å². The van der Waals surface area contributed by atoms with Crippen LogP contribution in [0.4, 0.5) is 0 Å². The summed E-state index contributed by atoms with van der Waals surface area (Å²) in [6.07, 6.45) is 7.19. The van der Waals surface area contributed by atoms with Gasteiger partial charge < -0.3 is 5.21 Å². The molecule has 117 valence electrons. The Morgan fingerprint density at radius 3 is 1.76 bits per heavy atom. The van der Waals surface area contributed by atoms with Crippen molar-refractivity contribution in [3.8, 4) is 0 Å². The lowest BCUT2D eigenvalue weighted by Gasteiger charge is -2.55. The van der Waals surface area contributed by atoms with E-state index in [-0.39, 0.29) is 5.41 Å². The molecule has 4 bridgehead atoms. The van der Waals surface area contributed by atoms with E-state index in [9.17, 15) is 10.4 Å². The topological polar surface area (TPSA) is 49.2 Å². The van der Waals surface area contributed by atoms with Gasteiger partial charge in [0.15, 0.2) is 5.54 Å². The first kappa shape index (κ1) is 13.9. The summed E-state index contributed by atoms with van der Waals surface area (Å²) in [5, 5.41) is 27.1. The number of amidine groups is 1. The van der Waals surface area contributed by atoms with Gasteiger partial charge in [-0.3, -0.25) is 4.74 Å². The summed E-state index contributed by atoms with van der Waals surface area (Å²) in [7, 11) is 0. The van der Waals surface area contributed by atoms with Gasteiger partial charge in [0.25, 0.3) is 5.84 Å². The second kappa shape index (κ2) is 3.76. The third kappa shape index (κ3) is 1.52. The smallest absolute Gasteiger partial charge is 0.290 e. The minimum Gasteiger partial charge on any atom is -0.715 e. The summed E-state index contributed by atoms with van der Waals surface area (Å²) in [4.78, 5) is 0. The molecule has 4 heteroatoms. The van der Waals surface area contributed by atoms with Crippen molar-refractivity contribution < 1.29 is 9.95 Å². The van der Waals surface area contributed by atoms with Crippen LogP contribution >= 0.6 is 0 Å². The minimum absolute atomic E-state index is 0.122. The molecule has 0 N–H and O–H groups in total. The van der Waals surface area contributed by atoms with Crippen molar-refractivity contribution >= 4 is 5.84 Å². The molecule has 0 spiro atoms. The highest BCUT2D eigenvalue weighted by molar-refractivity contribution is 5.85. The van der Waals surface area contributed by atoms with Crippen molar-refractivity contribution in [2.75, 3.05) is 0 Å². The predicted octanol–water partition coefficient (Wildman–Crippen LogP) is 3.33. The largest absolute Gasteiger partial charge is 0.715 e. The van der Waals surface area contributed by atoms with E-state index in [1.807, 2.05) is 27.7 Å². The van der Waals surface area contributed by atoms with Gasteiger partial charge in [0, 0.05) is 5.21 Å². The van der Waals surface area contributed by atoms with Gasteiger partial charge in [0.2, 0.25) is 0 Å². The van der Waals surface area contributed by atoms with Gasteiger partial charge in [-0.25, -0.2) is 0 Å². The molecule has 5 rings (SSSR count). The van der Waals surface area contributed by atoms with Gasteiger partial charge in [-0.05, 0) is 84.0 Å². The first-order valence-electron chi connectivity index (χ1n) is 8.49. The van der Waals surface area contributed by atoms with Crippen LogP contribution in [0.3, 0.4) is 0 Å². The lowest BCUT2D eigenvalue weighted by atomic mass is 9.49. The zero-order chi connectivity index (χ0) is 15.2. The summed E-state index contributed by atoms with van der Waals surface area (Å²) < 4.78 is 1.09. The number of rotatable bonds is 1. The Kier molecular flexibility index (Phi) is 2.48. The Bertz CT molecular complexity index is 486. The Morgan fingerprint density at radius 1 is 1.00 bits per heavy atom. The van der Waals surface area contributed by atoms with E-state index in [4.69, 9.17) is 0 Å². The molecule has 0 atom stereocenters. The third-order valence-electron chi connectivity index (χ3n) is 7.41. The second-order valence-electron chi connectivity index (χ2n) is 9.23. The third-order valence-corrected chi connectivity index (χ3v) is 7.41. The fourth-order valence-electron chi connectivity index (χ4n) is 5.92. The van der Waals surface area contributed by atoms with E-state index in [1.165, 1.54) is 19.3 Å². The molecule has 0 aromatic rings. The lowest BCUT2D eigenvalue weighted by Crippen LogP contribution is -2.57. The molecule has 0 saturated heterocycles. The Hall–Kier alpha value is -0.770. The average molecular weight is 291 g/mol. The van der Waals surface area contributed by atoms with E-state index in [0.717, 1.165) is 46.8 Å². The SMILES string of the molecule is CC1(C)N([O])C(C23CC4CC(CC(C4)C2)C3)=[N+]([O-])C1(C)C. The highest BCUT2D eigenvalue weighted by Crippen LogP contribution is 2.62. The molecule has 21 heavy (non-hydrogen) atoms. The van der Waals surface area contributed by atoms with Crippen molar-refractivity contribution in [1.29, 1.82) is 0 Å². The van der Waals surface area contributed by atoms with Crippen molar-refractivity contribution in [3.63, 3.8) is 0 Å².